The molecule has 104 valence electrons. The van der Waals surface area contributed by atoms with E-state index in [0.717, 1.165) is 9.13 Å². The highest BCUT2D eigenvalue weighted by Crippen LogP contribution is 2.26. The van der Waals surface area contributed by atoms with Gasteiger partial charge in [0.15, 0.2) is 0 Å². The first kappa shape index (κ1) is 14.8. The molecule has 1 unspecified atom stereocenters. The number of halogens is 1. The second-order valence-electron chi connectivity index (χ2n) is 5.60. The summed E-state index contributed by atoms with van der Waals surface area (Å²) >= 11 is 2.26. The molecule has 2 rings (SSSR count). The molecule has 1 fully saturated rings. The smallest absolute Gasteiger partial charge is 0.252 e. The molecule has 1 aliphatic rings. The van der Waals surface area contributed by atoms with Gasteiger partial charge in [-0.05, 0) is 66.8 Å². The molecule has 0 spiro atoms. The number of benzene rings is 1. The predicted octanol–water partition coefficient (Wildman–Crippen LogP) is 4.30. The highest BCUT2D eigenvalue weighted by atomic mass is 127. The van der Waals surface area contributed by atoms with Gasteiger partial charge in [-0.15, -0.1) is 0 Å². The summed E-state index contributed by atoms with van der Waals surface area (Å²) in [7, 11) is 0. The van der Waals surface area contributed by atoms with Crippen molar-refractivity contribution in [3.8, 4) is 0 Å². The summed E-state index contributed by atoms with van der Waals surface area (Å²) < 4.78 is 1.06. The lowest BCUT2D eigenvalue weighted by atomic mass is 9.84. The van der Waals surface area contributed by atoms with Crippen molar-refractivity contribution in [1.82, 2.24) is 5.32 Å². The van der Waals surface area contributed by atoms with Crippen LogP contribution in [0.3, 0.4) is 0 Å². The Labute approximate surface area is 129 Å². The average Bonchev–Trinajstić information content (AvgIpc) is 2.42. The molecular weight excluding hydrogens is 349 g/mol. The van der Waals surface area contributed by atoms with Gasteiger partial charge in [-0.3, -0.25) is 4.79 Å². The van der Waals surface area contributed by atoms with Gasteiger partial charge in [-0.1, -0.05) is 31.4 Å². The summed E-state index contributed by atoms with van der Waals surface area (Å²) in [6, 6.07) is 6.20. The highest BCUT2D eigenvalue weighted by molar-refractivity contribution is 14.1. The maximum atomic E-state index is 12.4. The number of hydrogen-bond donors (Lipinski definition) is 1. The summed E-state index contributed by atoms with van der Waals surface area (Å²) in [4.78, 5) is 12.4. The summed E-state index contributed by atoms with van der Waals surface area (Å²) in [6.45, 7) is 4.19. The van der Waals surface area contributed by atoms with E-state index in [1.54, 1.807) is 0 Å². The average molecular weight is 371 g/mol. The van der Waals surface area contributed by atoms with Crippen LogP contribution in [-0.4, -0.2) is 11.9 Å². The van der Waals surface area contributed by atoms with Gasteiger partial charge in [-0.2, -0.15) is 0 Å². The molecule has 0 radical (unpaired) electrons. The van der Waals surface area contributed by atoms with Crippen LogP contribution in [0.2, 0.25) is 0 Å². The van der Waals surface area contributed by atoms with Crippen molar-refractivity contribution in [2.75, 3.05) is 0 Å². The van der Waals surface area contributed by atoms with Gasteiger partial charge in [0.25, 0.3) is 5.91 Å². The molecule has 2 nitrogen and oxygen atoms in total. The zero-order chi connectivity index (χ0) is 13.8. The van der Waals surface area contributed by atoms with E-state index in [4.69, 9.17) is 0 Å². The number of rotatable bonds is 3. The third-order valence-corrected chi connectivity index (χ3v) is 5.58. The zero-order valence-corrected chi connectivity index (χ0v) is 13.9. The van der Waals surface area contributed by atoms with Crippen LogP contribution in [0.5, 0.6) is 0 Å². The topological polar surface area (TPSA) is 29.1 Å². The van der Waals surface area contributed by atoms with E-state index in [1.807, 2.05) is 25.1 Å². The third kappa shape index (κ3) is 3.71. The SMILES string of the molecule is Cc1cccc(C(=O)NC(C)C2CCCCC2)c1I. The van der Waals surface area contributed by atoms with E-state index in [0.29, 0.717) is 5.92 Å². The molecule has 19 heavy (non-hydrogen) atoms. The minimum Gasteiger partial charge on any atom is -0.349 e. The molecule has 1 amide bonds. The standard InChI is InChI=1S/C16H22INO/c1-11-7-6-10-14(15(11)17)16(19)18-12(2)13-8-4-3-5-9-13/h6-7,10,12-13H,3-5,8-9H2,1-2H3,(H,18,19). The second-order valence-corrected chi connectivity index (χ2v) is 6.68. The Morgan fingerprint density at radius 2 is 2.00 bits per heavy atom. The van der Waals surface area contributed by atoms with Gasteiger partial charge < -0.3 is 5.32 Å². The van der Waals surface area contributed by atoms with Crippen molar-refractivity contribution in [3.05, 3.63) is 32.9 Å². The molecule has 1 saturated carbocycles. The van der Waals surface area contributed by atoms with Gasteiger partial charge in [0.05, 0.1) is 5.56 Å². The monoisotopic (exact) mass is 371 g/mol. The number of nitrogens with one attached hydrogen (secondary N) is 1. The Kier molecular flexibility index (Phi) is 5.25. The Bertz CT molecular complexity index is 452. The van der Waals surface area contributed by atoms with Crippen LogP contribution in [0.15, 0.2) is 18.2 Å². The van der Waals surface area contributed by atoms with Crippen molar-refractivity contribution in [3.63, 3.8) is 0 Å². The van der Waals surface area contributed by atoms with Crippen LogP contribution in [-0.2, 0) is 0 Å². The van der Waals surface area contributed by atoms with Crippen LogP contribution in [0.25, 0.3) is 0 Å². The van der Waals surface area contributed by atoms with E-state index in [9.17, 15) is 4.79 Å². The minimum atomic E-state index is 0.0752. The molecule has 1 aliphatic carbocycles. The van der Waals surface area contributed by atoms with Crippen LogP contribution in [0, 0.1) is 16.4 Å². The largest absolute Gasteiger partial charge is 0.349 e. The molecular formula is C16H22INO. The maximum absolute atomic E-state index is 12.4. The summed E-state index contributed by atoms with van der Waals surface area (Å²) in [6.07, 6.45) is 6.49. The Morgan fingerprint density at radius 3 is 2.68 bits per heavy atom. The molecule has 0 aliphatic heterocycles. The first-order valence-corrected chi connectivity index (χ1v) is 8.23. The fourth-order valence-corrected chi connectivity index (χ4v) is 3.46. The van der Waals surface area contributed by atoms with Crippen LogP contribution in [0.4, 0.5) is 0 Å². The second kappa shape index (κ2) is 6.73. The van der Waals surface area contributed by atoms with Gasteiger partial charge in [0, 0.05) is 9.61 Å². The quantitative estimate of drug-likeness (QED) is 0.789. The van der Waals surface area contributed by atoms with Crippen LogP contribution < -0.4 is 5.32 Å². The van der Waals surface area contributed by atoms with Crippen molar-refractivity contribution in [2.24, 2.45) is 5.92 Å². The third-order valence-electron chi connectivity index (χ3n) is 4.15. The molecule has 0 bridgehead atoms. The number of aryl methyl sites for hydroxylation is 1. The number of carbonyl (C=O) groups excluding carboxylic acids is 1. The summed E-state index contributed by atoms with van der Waals surface area (Å²) in [5, 5.41) is 3.19. The van der Waals surface area contributed by atoms with E-state index < -0.39 is 0 Å². The molecule has 0 saturated heterocycles. The van der Waals surface area contributed by atoms with Crippen molar-refractivity contribution >= 4 is 28.5 Å². The molecule has 0 aromatic heterocycles. The van der Waals surface area contributed by atoms with Crippen molar-refractivity contribution in [1.29, 1.82) is 0 Å². The molecule has 3 heteroatoms. The van der Waals surface area contributed by atoms with Crippen LogP contribution in [0.1, 0.15) is 54.9 Å². The van der Waals surface area contributed by atoms with E-state index >= 15 is 0 Å². The normalized spacial score (nSPS) is 18.1. The first-order chi connectivity index (χ1) is 9.09. The van der Waals surface area contributed by atoms with Crippen molar-refractivity contribution in [2.45, 2.75) is 52.0 Å². The number of carbonyl (C=O) groups is 1. The molecule has 1 aromatic carbocycles. The number of hydrogen-bond acceptors (Lipinski definition) is 1. The Balaban J connectivity index is 2.02. The zero-order valence-electron chi connectivity index (χ0n) is 11.7. The van der Waals surface area contributed by atoms with Gasteiger partial charge in [-0.25, -0.2) is 0 Å². The van der Waals surface area contributed by atoms with Gasteiger partial charge in [0.2, 0.25) is 0 Å². The first-order valence-electron chi connectivity index (χ1n) is 7.15. The van der Waals surface area contributed by atoms with E-state index in [1.165, 1.54) is 37.7 Å². The molecule has 1 N–H and O–H groups in total. The fraction of sp³-hybridized carbons (Fsp3) is 0.562. The lowest BCUT2D eigenvalue weighted by Gasteiger charge is -2.28. The van der Waals surface area contributed by atoms with E-state index in [2.05, 4.69) is 34.8 Å². The van der Waals surface area contributed by atoms with Crippen molar-refractivity contribution < 1.29 is 4.79 Å². The number of amides is 1. The lowest BCUT2D eigenvalue weighted by molar-refractivity contribution is 0.0918. The predicted molar refractivity (Wildman–Crippen MR) is 87.4 cm³/mol. The fourth-order valence-electron chi connectivity index (χ4n) is 2.86. The maximum Gasteiger partial charge on any atom is 0.252 e. The van der Waals surface area contributed by atoms with E-state index in [-0.39, 0.29) is 11.9 Å². The van der Waals surface area contributed by atoms with Gasteiger partial charge >= 0.3 is 0 Å². The molecule has 0 heterocycles. The lowest BCUT2D eigenvalue weighted by Crippen LogP contribution is -2.39. The molecule has 1 atom stereocenters. The Morgan fingerprint density at radius 1 is 1.32 bits per heavy atom. The minimum absolute atomic E-state index is 0.0752. The summed E-state index contributed by atoms with van der Waals surface area (Å²) in [5.74, 6) is 0.728. The van der Waals surface area contributed by atoms with Gasteiger partial charge in [0.1, 0.15) is 0 Å². The molecule has 1 aromatic rings. The Hall–Kier alpha value is -0.580. The highest BCUT2D eigenvalue weighted by Gasteiger charge is 2.22. The van der Waals surface area contributed by atoms with Crippen LogP contribution >= 0.6 is 22.6 Å². The summed E-state index contributed by atoms with van der Waals surface area (Å²) in [5.41, 5.74) is 1.97.